The molecule has 1 aromatic heterocycles. The molecule has 0 fully saturated rings. The minimum Gasteiger partial charge on any atom is -0.244 e. The highest BCUT2D eigenvalue weighted by Crippen LogP contribution is 2.28. The van der Waals surface area contributed by atoms with Gasteiger partial charge in [-0.1, -0.05) is 41.4 Å². The molecule has 0 aliphatic heterocycles. The molecule has 1 aromatic carbocycles. The lowest BCUT2D eigenvalue weighted by molar-refractivity contribution is 1.27. The van der Waals surface area contributed by atoms with E-state index in [1.54, 1.807) is 6.20 Å². The van der Waals surface area contributed by atoms with Gasteiger partial charge in [0.2, 0.25) is 0 Å². The van der Waals surface area contributed by atoms with Crippen LogP contribution in [0.5, 0.6) is 0 Å². The van der Waals surface area contributed by atoms with Gasteiger partial charge in [0.1, 0.15) is 5.15 Å². The Morgan fingerprint density at radius 1 is 1.13 bits per heavy atom. The van der Waals surface area contributed by atoms with Crippen molar-refractivity contribution in [2.24, 2.45) is 0 Å². The molecule has 0 aliphatic carbocycles. The van der Waals surface area contributed by atoms with E-state index in [0.717, 1.165) is 21.7 Å². The number of rotatable bonds is 1. The summed E-state index contributed by atoms with van der Waals surface area (Å²) >= 11 is 12.0. The first-order valence-corrected chi connectivity index (χ1v) is 5.31. The summed E-state index contributed by atoms with van der Waals surface area (Å²) in [6.45, 7) is 1.93. The molecule has 0 amide bonds. The van der Waals surface area contributed by atoms with Gasteiger partial charge in [0.15, 0.2) is 0 Å². The predicted octanol–water partition coefficient (Wildman–Crippen LogP) is 4.36. The maximum atomic E-state index is 6.09. The first kappa shape index (κ1) is 10.5. The Labute approximate surface area is 98.7 Å². The second-order valence-electron chi connectivity index (χ2n) is 3.31. The van der Waals surface area contributed by atoms with Crippen LogP contribution in [0.4, 0.5) is 0 Å². The fraction of sp³-hybridized carbons (Fsp3) is 0.0833. The monoisotopic (exact) mass is 237 g/mol. The highest BCUT2D eigenvalue weighted by Gasteiger charge is 2.04. The van der Waals surface area contributed by atoms with Crippen LogP contribution in [-0.4, -0.2) is 4.98 Å². The lowest BCUT2D eigenvalue weighted by atomic mass is 10.1. The third-order valence-corrected chi connectivity index (χ3v) is 2.92. The topological polar surface area (TPSA) is 12.9 Å². The van der Waals surface area contributed by atoms with Crippen molar-refractivity contribution in [3.05, 3.63) is 52.3 Å². The van der Waals surface area contributed by atoms with Crippen LogP contribution in [0.25, 0.3) is 11.1 Å². The van der Waals surface area contributed by atoms with Gasteiger partial charge in [0.05, 0.1) is 0 Å². The molecule has 0 radical (unpaired) electrons. The van der Waals surface area contributed by atoms with E-state index in [4.69, 9.17) is 23.2 Å². The van der Waals surface area contributed by atoms with E-state index >= 15 is 0 Å². The van der Waals surface area contributed by atoms with Gasteiger partial charge in [-0.05, 0) is 24.6 Å². The zero-order chi connectivity index (χ0) is 10.8. The van der Waals surface area contributed by atoms with Crippen molar-refractivity contribution in [3.8, 4) is 11.1 Å². The standard InChI is InChI=1S/C12H9Cl2N/c1-8-6-9(7-15-12(8)14)10-4-2-3-5-11(10)13/h2-7H,1H3. The minimum absolute atomic E-state index is 0.533. The van der Waals surface area contributed by atoms with Crippen LogP contribution in [0.2, 0.25) is 10.2 Å². The Morgan fingerprint density at radius 2 is 1.87 bits per heavy atom. The van der Waals surface area contributed by atoms with Gasteiger partial charge >= 0.3 is 0 Å². The quantitative estimate of drug-likeness (QED) is 0.672. The molecule has 0 saturated heterocycles. The Balaban J connectivity index is 2.55. The summed E-state index contributed by atoms with van der Waals surface area (Å²) in [6.07, 6.45) is 1.73. The molecule has 2 aromatic rings. The van der Waals surface area contributed by atoms with Crippen LogP contribution in [0.15, 0.2) is 36.5 Å². The number of halogens is 2. The molecule has 0 aliphatic rings. The van der Waals surface area contributed by atoms with Crippen LogP contribution in [-0.2, 0) is 0 Å². The lowest BCUT2D eigenvalue weighted by Gasteiger charge is -2.05. The number of nitrogens with zero attached hydrogens (tertiary/aromatic N) is 1. The first-order chi connectivity index (χ1) is 7.18. The lowest BCUT2D eigenvalue weighted by Crippen LogP contribution is -1.85. The molecule has 0 N–H and O–H groups in total. The zero-order valence-electron chi connectivity index (χ0n) is 8.17. The van der Waals surface area contributed by atoms with E-state index < -0.39 is 0 Å². The van der Waals surface area contributed by atoms with Crippen molar-refractivity contribution >= 4 is 23.2 Å². The summed E-state index contributed by atoms with van der Waals surface area (Å²) < 4.78 is 0. The van der Waals surface area contributed by atoms with Crippen molar-refractivity contribution in [1.82, 2.24) is 4.98 Å². The molecular formula is C12H9Cl2N. The highest BCUT2D eigenvalue weighted by atomic mass is 35.5. The number of hydrogen-bond donors (Lipinski definition) is 0. The number of aromatic nitrogens is 1. The Morgan fingerprint density at radius 3 is 2.53 bits per heavy atom. The van der Waals surface area contributed by atoms with Crippen LogP contribution in [0, 0.1) is 6.92 Å². The third kappa shape index (κ3) is 2.14. The molecule has 0 saturated carbocycles. The number of aryl methyl sites for hydroxylation is 1. The van der Waals surface area contributed by atoms with Gasteiger partial charge in [0, 0.05) is 22.3 Å². The maximum absolute atomic E-state index is 6.09. The number of benzene rings is 1. The van der Waals surface area contributed by atoms with Crippen LogP contribution < -0.4 is 0 Å². The van der Waals surface area contributed by atoms with E-state index in [1.807, 2.05) is 37.3 Å². The fourth-order valence-electron chi connectivity index (χ4n) is 1.40. The molecule has 2 rings (SSSR count). The maximum Gasteiger partial charge on any atom is 0.131 e. The van der Waals surface area contributed by atoms with Gasteiger partial charge < -0.3 is 0 Å². The van der Waals surface area contributed by atoms with Crippen LogP contribution >= 0.6 is 23.2 Å². The Hall–Kier alpha value is -1.05. The molecule has 0 atom stereocenters. The Kier molecular flexibility index (Phi) is 2.94. The van der Waals surface area contributed by atoms with Gasteiger partial charge in [-0.25, -0.2) is 4.98 Å². The average Bonchev–Trinajstić information content (AvgIpc) is 2.23. The van der Waals surface area contributed by atoms with Gasteiger partial charge in [-0.15, -0.1) is 0 Å². The Bertz CT molecular complexity index is 495. The minimum atomic E-state index is 0.533. The molecule has 1 nitrogen and oxygen atoms in total. The van der Waals surface area contributed by atoms with Crippen molar-refractivity contribution < 1.29 is 0 Å². The number of pyridine rings is 1. The van der Waals surface area contributed by atoms with Crippen LogP contribution in [0.1, 0.15) is 5.56 Å². The van der Waals surface area contributed by atoms with E-state index in [0.29, 0.717) is 5.15 Å². The second-order valence-corrected chi connectivity index (χ2v) is 4.08. The van der Waals surface area contributed by atoms with E-state index in [-0.39, 0.29) is 0 Å². The summed E-state index contributed by atoms with van der Waals surface area (Å²) in [6, 6.07) is 9.66. The second kappa shape index (κ2) is 4.21. The summed E-state index contributed by atoms with van der Waals surface area (Å²) in [7, 11) is 0. The largest absolute Gasteiger partial charge is 0.244 e. The molecule has 1 heterocycles. The van der Waals surface area contributed by atoms with Gasteiger partial charge in [-0.3, -0.25) is 0 Å². The van der Waals surface area contributed by atoms with E-state index in [1.165, 1.54) is 0 Å². The predicted molar refractivity (Wildman–Crippen MR) is 64.4 cm³/mol. The third-order valence-electron chi connectivity index (χ3n) is 2.20. The van der Waals surface area contributed by atoms with E-state index in [2.05, 4.69) is 4.98 Å². The molecule has 76 valence electrons. The van der Waals surface area contributed by atoms with Crippen molar-refractivity contribution in [3.63, 3.8) is 0 Å². The summed E-state index contributed by atoms with van der Waals surface area (Å²) in [5, 5.41) is 1.26. The van der Waals surface area contributed by atoms with Gasteiger partial charge in [-0.2, -0.15) is 0 Å². The molecule has 0 bridgehead atoms. The zero-order valence-corrected chi connectivity index (χ0v) is 9.68. The molecule has 3 heteroatoms. The normalized spacial score (nSPS) is 10.3. The summed E-state index contributed by atoms with van der Waals surface area (Å²) in [5.41, 5.74) is 2.92. The molecule has 15 heavy (non-hydrogen) atoms. The fourth-order valence-corrected chi connectivity index (χ4v) is 1.75. The molecular weight excluding hydrogens is 229 g/mol. The van der Waals surface area contributed by atoms with Crippen molar-refractivity contribution in [2.45, 2.75) is 6.92 Å². The van der Waals surface area contributed by atoms with Crippen molar-refractivity contribution in [1.29, 1.82) is 0 Å². The average molecular weight is 238 g/mol. The smallest absolute Gasteiger partial charge is 0.131 e. The summed E-state index contributed by atoms with van der Waals surface area (Å²) in [5.74, 6) is 0. The van der Waals surface area contributed by atoms with Gasteiger partial charge in [0.25, 0.3) is 0 Å². The van der Waals surface area contributed by atoms with Crippen molar-refractivity contribution in [2.75, 3.05) is 0 Å². The molecule has 0 unspecified atom stereocenters. The first-order valence-electron chi connectivity index (χ1n) is 4.55. The van der Waals surface area contributed by atoms with Crippen LogP contribution in [0.3, 0.4) is 0 Å². The molecule has 0 spiro atoms. The SMILES string of the molecule is Cc1cc(-c2ccccc2Cl)cnc1Cl. The highest BCUT2D eigenvalue weighted by molar-refractivity contribution is 6.33. The van der Waals surface area contributed by atoms with E-state index in [9.17, 15) is 0 Å². The summed E-state index contributed by atoms with van der Waals surface area (Å²) in [4.78, 5) is 4.10. The number of hydrogen-bond acceptors (Lipinski definition) is 1.